The minimum absolute atomic E-state index is 0.193. The Kier molecular flexibility index (Phi) is 4.85. The molecule has 152 valence electrons. The molecule has 2 aliphatic rings. The molecule has 1 aliphatic carbocycles. The number of fused-ring (bicyclic) bond motifs is 3. The van der Waals surface area contributed by atoms with Gasteiger partial charge in [0.05, 0.1) is 18.8 Å². The van der Waals surface area contributed by atoms with Crippen molar-refractivity contribution in [2.24, 2.45) is 5.41 Å². The fourth-order valence-electron chi connectivity index (χ4n) is 4.29. The van der Waals surface area contributed by atoms with Gasteiger partial charge in [-0.2, -0.15) is 0 Å². The Labute approximate surface area is 176 Å². The van der Waals surface area contributed by atoms with Crippen LogP contribution in [0.5, 0.6) is 0 Å². The lowest BCUT2D eigenvalue weighted by Crippen LogP contribution is -2.70. The molecule has 4 rings (SSSR count). The zero-order valence-corrected chi connectivity index (χ0v) is 18.5. The summed E-state index contributed by atoms with van der Waals surface area (Å²) >= 11 is 1.83. The molecule has 5 heteroatoms. The molecule has 1 fully saturated rings. The first-order valence-corrected chi connectivity index (χ1v) is 10.7. The number of hydrogen-bond donors (Lipinski definition) is 2. The molecule has 0 amide bonds. The zero-order valence-electron chi connectivity index (χ0n) is 17.7. The van der Waals surface area contributed by atoms with Crippen molar-refractivity contribution in [1.29, 1.82) is 5.41 Å². The van der Waals surface area contributed by atoms with Crippen molar-refractivity contribution >= 4 is 33.3 Å². The number of amidine groups is 1. The summed E-state index contributed by atoms with van der Waals surface area (Å²) in [5.41, 5.74) is 1.12. The third kappa shape index (κ3) is 3.20. The number of hydrogen-bond acceptors (Lipinski definition) is 4. The van der Waals surface area contributed by atoms with Crippen molar-refractivity contribution in [2.75, 3.05) is 20.3 Å². The predicted octanol–water partition coefficient (Wildman–Crippen LogP) is 4.61. The van der Waals surface area contributed by atoms with E-state index >= 15 is 0 Å². The van der Waals surface area contributed by atoms with Gasteiger partial charge in [-0.3, -0.25) is 5.41 Å². The summed E-state index contributed by atoms with van der Waals surface area (Å²) < 4.78 is 12.8. The number of methoxy groups -OCH3 is 1. The molecule has 29 heavy (non-hydrogen) atoms. The molecule has 2 heterocycles. The number of ether oxygens (including phenoxy) is 2. The highest BCUT2D eigenvalue weighted by molar-refractivity contribution is 7.20. The Balaban J connectivity index is 1.69. The third-order valence-corrected chi connectivity index (χ3v) is 7.71. The molecule has 1 unspecified atom stereocenters. The molecule has 0 radical (unpaired) electrons. The van der Waals surface area contributed by atoms with Gasteiger partial charge in [0.1, 0.15) is 11.4 Å². The van der Waals surface area contributed by atoms with Gasteiger partial charge in [-0.15, -0.1) is 17.3 Å². The highest BCUT2D eigenvalue weighted by Crippen LogP contribution is 2.47. The molecule has 1 aliphatic heterocycles. The van der Waals surface area contributed by atoms with E-state index in [1.807, 2.05) is 25.2 Å². The Morgan fingerprint density at radius 3 is 2.79 bits per heavy atom. The predicted molar refractivity (Wildman–Crippen MR) is 121 cm³/mol. The Hall–Kier alpha value is -2.13. The first kappa shape index (κ1) is 20.2. The summed E-state index contributed by atoms with van der Waals surface area (Å²) in [5, 5.41) is 13.4. The lowest BCUT2D eigenvalue weighted by Gasteiger charge is -2.53. The molecule has 0 saturated carbocycles. The fraction of sp³-hybridized carbons (Fsp3) is 0.458. The van der Waals surface area contributed by atoms with Crippen molar-refractivity contribution in [1.82, 2.24) is 5.32 Å². The van der Waals surface area contributed by atoms with Gasteiger partial charge < -0.3 is 14.8 Å². The van der Waals surface area contributed by atoms with Crippen LogP contribution in [-0.2, 0) is 15.9 Å². The second-order valence-electron chi connectivity index (χ2n) is 8.74. The van der Waals surface area contributed by atoms with Crippen molar-refractivity contribution in [2.45, 2.75) is 45.3 Å². The standard InChI is InChI=1S/C24H28N2O2S/c1-6-7-16-8-9-19-17(12-16)18-13-22(2,11-10-20(18)29-19)24(4)15-28-23(3,14-27-5)21(25)26-24/h8-12H,13-15H2,1-5H3,(H2,25,26)/t22?,23-,24+/m1/s1. The highest BCUT2D eigenvalue weighted by Gasteiger charge is 2.51. The lowest BCUT2D eigenvalue weighted by atomic mass is 9.65. The van der Waals surface area contributed by atoms with E-state index in [4.69, 9.17) is 14.9 Å². The van der Waals surface area contributed by atoms with Crippen LogP contribution in [0.2, 0.25) is 0 Å². The SMILES string of the molecule is CC#Cc1ccc2sc3c(c2c1)CC(C)([C@]1(C)CO[C@](C)(COC)C(=N)N1)C=C3. The van der Waals surface area contributed by atoms with Crippen LogP contribution in [-0.4, -0.2) is 37.3 Å². The number of morpholine rings is 1. The van der Waals surface area contributed by atoms with Gasteiger partial charge in [-0.25, -0.2) is 0 Å². The summed E-state index contributed by atoms with van der Waals surface area (Å²) in [6.07, 6.45) is 5.43. The number of thiophene rings is 1. The number of benzene rings is 1. The molecular weight excluding hydrogens is 380 g/mol. The van der Waals surface area contributed by atoms with E-state index in [1.165, 1.54) is 20.5 Å². The Morgan fingerprint density at radius 1 is 1.31 bits per heavy atom. The van der Waals surface area contributed by atoms with Gasteiger partial charge >= 0.3 is 0 Å². The molecule has 2 N–H and O–H groups in total. The maximum atomic E-state index is 8.57. The van der Waals surface area contributed by atoms with Crippen LogP contribution >= 0.6 is 11.3 Å². The molecule has 2 aromatic rings. The minimum atomic E-state index is -0.725. The first-order chi connectivity index (χ1) is 13.7. The summed E-state index contributed by atoms with van der Waals surface area (Å²) in [6, 6.07) is 6.49. The molecule has 0 spiro atoms. The quantitative estimate of drug-likeness (QED) is 0.729. The van der Waals surface area contributed by atoms with Crippen LogP contribution in [0, 0.1) is 22.7 Å². The topological polar surface area (TPSA) is 54.3 Å². The molecule has 4 nitrogen and oxygen atoms in total. The average molecular weight is 409 g/mol. The summed E-state index contributed by atoms with van der Waals surface area (Å²) in [4.78, 5) is 1.32. The van der Waals surface area contributed by atoms with Crippen LogP contribution in [0.1, 0.15) is 43.7 Å². The average Bonchev–Trinajstić information content (AvgIpc) is 3.03. The van der Waals surface area contributed by atoms with Crippen molar-refractivity contribution < 1.29 is 9.47 Å². The van der Waals surface area contributed by atoms with Crippen LogP contribution in [0.4, 0.5) is 0 Å². The third-order valence-electron chi connectivity index (χ3n) is 6.53. The highest BCUT2D eigenvalue weighted by atomic mass is 32.1. The number of rotatable bonds is 3. The van der Waals surface area contributed by atoms with Gasteiger partial charge in [0, 0.05) is 27.7 Å². The largest absolute Gasteiger partial charge is 0.381 e. The van der Waals surface area contributed by atoms with Crippen LogP contribution in [0.25, 0.3) is 16.2 Å². The summed E-state index contributed by atoms with van der Waals surface area (Å²) in [7, 11) is 1.64. The van der Waals surface area contributed by atoms with E-state index in [0.717, 1.165) is 12.0 Å². The molecule has 0 bridgehead atoms. The molecule has 3 atom stereocenters. The zero-order chi connectivity index (χ0) is 20.9. The Bertz CT molecular complexity index is 1080. The van der Waals surface area contributed by atoms with E-state index in [2.05, 4.69) is 61.4 Å². The molecule has 1 aromatic carbocycles. The van der Waals surface area contributed by atoms with Gasteiger partial charge in [-0.1, -0.05) is 18.9 Å². The van der Waals surface area contributed by atoms with Crippen molar-refractivity contribution in [3.63, 3.8) is 0 Å². The van der Waals surface area contributed by atoms with Gasteiger partial charge in [0.15, 0.2) is 0 Å². The van der Waals surface area contributed by atoms with E-state index in [0.29, 0.717) is 19.0 Å². The van der Waals surface area contributed by atoms with Gasteiger partial charge in [-0.05, 0) is 62.4 Å². The maximum Gasteiger partial charge on any atom is 0.145 e. The fourth-order valence-corrected chi connectivity index (χ4v) is 5.39. The smallest absolute Gasteiger partial charge is 0.145 e. The summed E-state index contributed by atoms with van der Waals surface area (Å²) in [6.45, 7) is 9.07. The molecule has 1 saturated heterocycles. The maximum absolute atomic E-state index is 8.57. The van der Waals surface area contributed by atoms with Crippen LogP contribution in [0.3, 0.4) is 0 Å². The second-order valence-corrected chi connectivity index (χ2v) is 9.83. The first-order valence-electron chi connectivity index (χ1n) is 9.91. The molecule has 1 aromatic heterocycles. The minimum Gasteiger partial charge on any atom is -0.381 e. The van der Waals surface area contributed by atoms with E-state index in [9.17, 15) is 0 Å². The Morgan fingerprint density at radius 2 is 2.10 bits per heavy atom. The van der Waals surface area contributed by atoms with Crippen LogP contribution in [0.15, 0.2) is 24.3 Å². The monoisotopic (exact) mass is 408 g/mol. The second kappa shape index (κ2) is 6.98. The van der Waals surface area contributed by atoms with Crippen LogP contribution < -0.4 is 5.32 Å². The van der Waals surface area contributed by atoms with E-state index < -0.39 is 5.60 Å². The van der Waals surface area contributed by atoms with Gasteiger partial charge in [0.25, 0.3) is 0 Å². The number of nitrogens with one attached hydrogen (secondary N) is 2. The normalized spacial score (nSPS) is 31.1. The summed E-state index contributed by atoms with van der Waals surface area (Å²) in [5.74, 6) is 6.55. The van der Waals surface area contributed by atoms with Crippen molar-refractivity contribution in [3.05, 3.63) is 40.3 Å². The van der Waals surface area contributed by atoms with Crippen molar-refractivity contribution in [3.8, 4) is 11.8 Å². The van der Waals surface area contributed by atoms with E-state index in [1.54, 1.807) is 7.11 Å². The molecular formula is C24H28N2O2S. The lowest BCUT2D eigenvalue weighted by molar-refractivity contribution is -0.0890. The van der Waals surface area contributed by atoms with Gasteiger partial charge in [0.2, 0.25) is 0 Å². The van der Waals surface area contributed by atoms with E-state index in [-0.39, 0.29) is 11.0 Å².